The maximum absolute atomic E-state index is 14.2. The Morgan fingerprint density at radius 3 is 2.10 bits per heavy atom. The Morgan fingerprint density at radius 1 is 0.875 bits per heavy atom. The minimum atomic E-state index is -4.14. The smallest absolute Gasteiger partial charge is 0.264 e. The Bertz CT molecular complexity index is 1400. The molecule has 40 heavy (non-hydrogen) atoms. The van der Waals surface area contributed by atoms with Crippen LogP contribution < -0.4 is 9.62 Å². The van der Waals surface area contributed by atoms with Crippen LogP contribution in [0, 0.1) is 0 Å². The number of sulfonamides is 1. The van der Waals surface area contributed by atoms with E-state index in [1.165, 1.54) is 17.0 Å². The van der Waals surface area contributed by atoms with Crippen molar-refractivity contribution in [2.24, 2.45) is 0 Å². The largest absolute Gasteiger partial charge is 0.354 e. The Morgan fingerprint density at radius 2 is 1.50 bits per heavy atom. The van der Waals surface area contributed by atoms with Crippen molar-refractivity contribution in [1.82, 2.24) is 10.2 Å². The first-order valence-corrected chi connectivity index (χ1v) is 15.5. The molecule has 0 bridgehead atoms. The Hall–Kier alpha value is -3.07. The summed E-state index contributed by atoms with van der Waals surface area (Å²) in [5.41, 5.74) is 1.65. The monoisotopic (exact) mass is 603 g/mol. The number of anilines is 1. The highest BCUT2D eigenvalue weighted by atomic mass is 35.5. The average molecular weight is 605 g/mol. The van der Waals surface area contributed by atoms with Crippen LogP contribution in [0.2, 0.25) is 10.0 Å². The molecule has 10 heteroatoms. The van der Waals surface area contributed by atoms with Gasteiger partial charge in [0.15, 0.2) is 0 Å². The zero-order valence-corrected chi connectivity index (χ0v) is 25.3. The van der Waals surface area contributed by atoms with Crippen LogP contribution in [0.15, 0.2) is 77.7 Å². The molecular weight excluding hydrogens is 569 g/mol. The lowest BCUT2D eigenvalue weighted by Crippen LogP contribution is -2.52. The van der Waals surface area contributed by atoms with Crippen LogP contribution in [0.3, 0.4) is 0 Å². The molecule has 1 atom stereocenters. The van der Waals surface area contributed by atoms with Gasteiger partial charge in [-0.05, 0) is 55.2 Å². The Labute approximate surface area is 247 Å². The van der Waals surface area contributed by atoms with Gasteiger partial charge in [-0.1, -0.05) is 86.4 Å². The SMILES string of the molecule is CCCNC(=O)[C@@H](CC)N(Cc1c(Cl)cccc1Cl)C(=O)CN(c1ccccc1CC)S(=O)(=O)c1ccccc1. The summed E-state index contributed by atoms with van der Waals surface area (Å²) >= 11 is 12.9. The van der Waals surface area contributed by atoms with Crippen molar-refractivity contribution in [2.75, 3.05) is 17.4 Å². The molecule has 3 rings (SSSR count). The van der Waals surface area contributed by atoms with Gasteiger partial charge in [-0.3, -0.25) is 13.9 Å². The second-order valence-electron chi connectivity index (χ2n) is 9.24. The summed E-state index contributed by atoms with van der Waals surface area (Å²) in [4.78, 5) is 28.8. The van der Waals surface area contributed by atoms with Crippen LogP contribution in [0.5, 0.6) is 0 Å². The van der Waals surface area contributed by atoms with Crippen molar-refractivity contribution in [3.63, 3.8) is 0 Å². The topological polar surface area (TPSA) is 86.8 Å². The number of carbonyl (C=O) groups is 2. The van der Waals surface area contributed by atoms with E-state index in [2.05, 4.69) is 5.32 Å². The third-order valence-corrected chi connectivity index (χ3v) is 9.06. The fraction of sp³-hybridized carbons (Fsp3) is 0.333. The number of nitrogens with zero attached hydrogens (tertiary/aromatic N) is 2. The van der Waals surface area contributed by atoms with E-state index in [4.69, 9.17) is 23.2 Å². The van der Waals surface area contributed by atoms with Crippen LogP contribution >= 0.6 is 23.2 Å². The number of nitrogens with one attached hydrogen (secondary N) is 1. The molecule has 0 aromatic heterocycles. The maximum Gasteiger partial charge on any atom is 0.264 e. The fourth-order valence-electron chi connectivity index (χ4n) is 4.43. The van der Waals surface area contributed by atoms with Crippen molar-refractivity contribution in [3.8, 4) is 0 Å². The molecule has 0 heterocycles. The molecule has 0 radical (unpaired) electrons. The van der Waals surface area contributed by atoms with E-state index in [0.29, 0.717) is 40.7 Å². The molecule has 214 valence electrons. The van der Waals surface area contributed by atoms with Gasteiger partial charge in [0.1, 0.15) is 12.6 Å². The highest BCUT2D eigenvalue weighted by Gasteiger charge is 2.34. The van der Waals surface area contributed by atoms with E-state index in [1.807, 2.05) is 26.0 Å². The second-order valence-corrected chi connectivity index (χ2v) is 11.9. The van der Waals surface area contributed by atoms with Gasteiger partial charge in [-0.15, -0.1) is 0 Å². The molecule has 0 spiro atoms. The van der Waals surface area contributed by atoms with Gasteiger partial charge in [-0.25, -0.2) is 8.42 Å². The van der Waals surface area contributed by atoms with E-state index in [0.717, 1.165) is 16.3 Å². The highest BCUT2D eigenvalue weighted by Crippen LogP contribution is 2.30. The van der Waals surface area contributed by atoms with Crippen LogP contribution in [0.4, 0.5) is 5.69 Å². The zero-order chi connectivity index (χ0) is 29.3. The van der Waals surface area contributed by atoms with Gasteiger partial charge < -0.3 is 10.2 Å². The quantitative estimate of drug-likeness (QED) is 0.256. The molecule has 0 aliphatic carbocycles. The normalized spacial score (nSPS) is 12.0. The standard InChI is InChI=1S/C30H35Cl2N3O4S/c1-4-19-33-30(37)27(6-3)34(20-24-25(31)16-12-17-26(24)32)29(36)21-35(28-18-11-10-13-22(28)5-2)40(38,39)23-14-8-7-9-15-23/h7-18,27H,4-6,19-21H2,1-3H3,(H,33,37)/t27-/m1/s1. The van der Waals surface area contributed by atoms with Crippen molar-refractivity contribution in [1.29, 1.82) is 0 Å². The van der Waals surface area contributed by atoms with Gasteiger partial charge in [0, 0.05) is 28.7 Å². The molecule has 0 aliphatic rings. The minimum absolute atomic E-state index is 0.0575. The van der Waals surface area contributed by atoms with E-state index >= 15 is 0 Å². The number of hydrogen-bond donors (Lipinski definition) is 1. The van der Waals surface area contributed by atoms with Gasteiger partial charge in [0.05, 0.1) is 10.6 Å². The molecule has 0 saturated carbocycles. The Balaban J connectivity index is 2.12. The summed E-state index contributed by atoms with van der Waals surface area (Å²) in [6.45, 7) is 5.52. The zero-order valence-electron chi connectivity index (χ0n) is 22.9. The Kier molecular flexibility index (Phi) is 11.4. The molecular formula is C30H35Cl2N3O4S. The summed E-state index contributed by atoms with van der Waals surface area (Å²) in [5, 5.41) is 3.56. The minimum Gasteiger partial charge on any atom is -0.354 e. The van der Waals surface area contributed by atoms with Gasteiger partial charge >= 0.3 is 0 Å². The summed E-state index contributed by atoms with van der Waals surface area (Å²) in [6.07, 6.45) is 1.59. The number of aryl methyl sites for hydroxylation is 1. The summed E-state index contributed by atoms with van der Waals surface area (Å²) in [7, 11) is -4.14. The van der Waals surface area contributed by atoms with Crippen molar-refractivity contribution in [2.45, 2.75) is 57.5 Å². The van der Waals surface area contributed by atoms with Crippen molar-refractivity contribution in [3.05, 3.63) is 94.0 Å². The van der Waals surface area contributed by atoms with Crippen LogP contribution in [0.1, 0.15) is 44.7 Å². The molecule has 7 nitrogen and oxygen atoms in total. The van der Waals surface area contributed by atoms with Crippen LogP contribution in [-0.2, 0) is 32.6 Å². The first-order valence-electron chi connectivity index (χ1n) is 13.3. The van der Waals surface area contributed by atoms with Gasteiger partial charge in [0.2, 0.25) is 11.8 Å². The molecule has 0 aliphatic heterocycles. The fourth-order valence-corrected chi connectivity index (χ4v) is 6.42. The summed E-state index contributed by atoms with van der Waals surface area (Å²) < 4.78 is 29.1. The molecule has 0 fully saturated rings. The molecule has 2 amide bonds. The first kappa shape index (κ1) is 31.5. The van der Waals surface area contributed by atoms with Crippen molar-refractivity contribution < 1.29 is 18.0 Å². The summed E-state index contributed by atoms with van der Waals surface area (Å²) in [6, 6.07) is 19.2. The average Bonchev–Trinajstić information content (AvgIpc) is 2.96. The maximum atomic E-state index is 14.2. The predicted molar refractivity (Wildman–Crippen MR) is 161 cm³/mol. The predicted octanol–water partition coefficient (Wildman–Crippen LogP) is 6.08. The highest BCUT2D eigenvalue weighted by molar-refractivity contribution is 7.92. The van der Waals surface area contributed by atoms with Crippen LogP contribution in [0.25, 0.3) is 0 Å². The van der Waals surface area contributed by atoms with Crippen molar-refractivity contribution >= 4 is 50.7 Å². The van der Waals surface area contributed by atoms with E-state index in [1.54, 1.807) is 55.5 Å². The molecule has 0 unspecified atom stereocenters. The number of rotatable bonds is 13. The molecule has 1 N–H and O–H groups in total. The van der Waals surface area contributed by atoms with Crippen LogP contribution in [-0.4, -0.2) is 44.3 Å². The van der Waals surface area contributed by atoms with Gasteiger partial charge in [-0.2, -0.15) is 0 Å². The number of hydrogen-bond acceptors (Lipinski definition) is 4. The molecule has 3 aromatic carbocycles. The lowest BCUT2D eigenvalue weighted by Gasteiger charge is -2.34. The number of para-hydroxylation sites is 1. The molecule has 3 aromatic rings. The van der Waals surface area contributed by atoms with E-state index < -0.39 is 28.5 Å². The summed E-state index contributed by atoms with van der Waals surface area (Å²) in [5.74, 6) is -0.882. The van der Waals surface area contributed by atoms with E-state index in [-0.39, 0.29) is 17.3 Å². The second kappa shape index (κ2) is 14.5. The number of amides is 2. The number of benzene rings is 3. The number of carbonyl (C=O) groups excluding carboxylic acids is 2. The third kappa shape index (κ3) is 7.36. The lowest BCUT2D eigenvalue weighted by molar-refractivity contribution is -0.140. The third-order valence-electron chi connectivity index (χ3n) is 6.58. The van der Waals surface area contributed by atoms with E-state index in [9.17, 15) is 18.0 Å². The molecule has 0 saturated heterocycles. The van der Waals surface area contributed by atoms with Gasteiger partial charge in [0.25, 0.3) is 10.0 Å². The first-order chi connectivity index (χ1) is 19.1. The lowest BCUT2D eigenvalue weighted by atomic mass is 10.1. The number of halogens is 2.